The molecule has 1 saturated heterocycles. The lowest BCUT2D eigenvalue weighted by Crippen LogP contribution is -2.73. The number of carbonyl (C=O) groups excluding carboxylic acids is 2. The molecule has 206 valence electrons. The number of oxime groups is 1. The van der Waals surface area contributed by atoms with Gasteiger partial charge in [-0.2, -0.15) is 23.4 Å². The quantitative estimate of drug-likeness (QED) is 0.0932. The highest BCUT2D eigenvalue weighted by molar-refractivity contribution is 7.84. The molecule has 1 aliphatic heterocycles. The van der Waals surface area contributed by atoms with Crippen molar-refractivity contribution < 1.29 is 37.3 Å². The van der Waals surface area contributed by atoms with Crippen molar-refractivity contribution in [3.8, 4) is 0 Å². The van der Waals surface area contributed by atoms with E-state index in [0.717, 1.165) is 16.1 Å². The molecule has 19 heteroatoms. The number of aromatic nitrogens is 4. The van der Waals surface area contributed by atoms with Crippen LogP contribution in [0.25, 0.3) is 0 Å². The Labute approximate surface area is 219 Å². The van der Waals surface area contributed by atoms with Gasteiger partial charge in [-0.05, 0) is 19.8 Å². The Morgan fingerprint density at radius 3 is 2.55 bits per heavy atom. The van der Waals surface area contributed by atoms with Crippen molar-refractivity contribution in [1.82, 2.24) is 29.6 Å². The first-order chi connectivity index (χ1) is 17.9. The molecular formula is C19H25N9O8S2. The fourth-order valence-electron chi connectivity index (χ4n) is 4.28. The van der Waals surface area contributed by atoms with Gasteiger partial charge in [0, 0.05) is 24.8 Å². The highest BCUT2D eigenvalue weighted by Crippen LogP contribution is 2.34. The molecule has 0 unspecified atom stereocenters. The predicted molar refractivity (Wildman–Crippen MR) is 130 cm³/mol. The summed E-state index contributed by atoms with van der Waals surface area (Å²) in [6, 6.07) is -2.75. The molecule has 1 aliphatic carbocycles. The fourth-order valence-corrected chi connectivity index (χ4v) is 5.70. The van der Waals surface area contributed by atoms with Crippen molar-refractivity contribution in [2.24, 2.45) is 10.9 Å². The van der Waals surface area contributed by atoms with Gasteiger partial charge in [0.05, 0.1) is 17.9 Å². The normalized spacial score (nSPS) is 21.3. The SMILES string of the molecule is Cc1nn(C[C@@H]2[C@H](NC(=O)/C(=N\OC3(C(=O)O)CCCC3)c3csc(N)n3)C(=O)N2S(=O)(=O)O)nc1CN. The van der Waals surface area contributed by atoms with E-state index in [2.05, 4.69) is 25.7 Å². The third-order valence-electron chi connectivity index (χ3n) is 6.26. The van der Waals surface area contributed by atoms with Crippen molar-refractivity contribution in [2.75, 3.05) is 5.73 Å². The number of rotatable bonds is 10. The van der Waals surface area contributed by atoms with E-state index in [1.165, 1.54) is 5.38 Å². The number of carbonyl (C=O) groups is 3. The summed E-state index contributed by atoms with van der Waals surface area (Å²) in [6.45, 7) is 1.38. The Kier molecular flexibility index (Phi) is 7.37. The van der Waals surface area contributed by atoms with Gasteiger partial charge in [0.25, 0.3) is 11.8 Å². The zero-order chi connectivity index (χ0) is 27.8. The van der Waals surface area contributed by atoms with Crippen LogP contribution in [0.2, 0.25) is 0 Å². The Morgan fingerprint density at radius 2 is 2.03 bits per heavy atom. The van der Waals surface area contributed by atoms with Gasteiger partial charge >= 0.3 is 16.3 Å². The molecular weight excluding hydrogens is 546 g/mol. The second kappa shape index (κ2) is 10.2. The fraction of sp³-hybridized carbons (Fsp3) is 0.526. The van der Waals surface area contributed by atoms with Gasteiger partial charge < -0.3 is 26.7 Å². The highest BCUT2D eigenvalue weighted by atomic mass is 32.2. The Hall–Kier alpha value is -3.68. The van der Waals surface area contributed by atoms with E-state index in [1.807, 2.05) is 0 Å². The van der Waals surface area contributed by atoms with Gasteiger partial charge in [-0.3, -0.25) is 14.1 Å². The predicted octanol–water partition coefficient (Wildman–Crippen LogP) is -1.60. The number of nitrogens with zero attached hydrogens (tertiary/aromatic N) is 6. The van der Waals surface area contributed by atoms with Gasteiger partial charge in [-0.15, -0.1) is 11.3 Å². The van der Waals surface area contributed by atoms with E-state index in [-0.39, 0.29) is 41.1 Å². The van der Waals surface area contributed by atoms with Crippen LogP contribution in [0.4, 0.5) is 5.13 Å². The number of aryl methyl sites for hydroxylation is 1. The number of nitrogens with one attached hydrogen (secondary N) is 1. The van der Waals surface area contributed by atoms with Gasteiger partial charge in [0.15, 0.2) is 10.8 Å². The van der Waals surface area contributed by atoms with E-state index >= 15 is 0 Å². The number of anilines is 1. The van der Waals surface area contributed by atoms with Crippen molar-refractivity contribution in [2.45, 2.75) is 63.4 Å². The van der Waals surface area contributed by atoms with Crippen LogP contribution in [-0.4, -0.2) is 83.5 Å². The number of carboxylic acids is 1. The summed E-state index contributed by atoms with van der Waals surface area (Å²) in [4.78, 5) is 48.2. The maximum Gasteiger partial charge on any atom is 0.362 e. The molecule has 4 rings (SSSR count). The summed E-state index contributed by atoms with van der Waals surface area (Å²) in [6.07, 6.45) is 1.52. The van der Waals surface area contributed by atoms with E-state index in [9.17, 15) is 32.5 Å². The van der Waals surface area contributed by atoms with E-state index in [1.54, 1.807) is 6.92 Å². The molecule has 38 heavy (non-hydrogen) atoms. The molecule has 2 amide bonds. The molecule has 2 aromatic heterocycles. The van der Waals surface area contributed by atoms with Gasteiger partial charge in [-0.25, -0.2) is 14.1 Å². The smallest absolute Gasteiger partial charge is 0.362 e. The summed E-state index contributed by atoms with van der Waals surface area (Å²) in [5.41, 5.74) is 10.0. The molecule has 0 aromatic carbocycles. The number of nitrogen functional groups attached to an aromatic ring is 1. The molecule has 1 saturated carbocycles. The number of nitrogens with two attached hydrogens (primary N) is 2. The van der Waals surface area contributed by atoms with Crippen LogP contribution >= 0.6 is 11.3 Å². The largest absolute Gasteiger partial charge is 0.478 e. The molecule has 7 N–H and O–H groups in total. The summed E-state index contributed by atoms with van der Waals surface area (Å²) in [5.74, 6) is -3.38. The number of amides is 2. The number of β-lactam (4-membered cyclic amide) rings is 1. The standard InChI is InChI=1S/C19H25N9O8S2/c1-9-10(6-20)25-27(24-9)7-12-14(16(30)28(12)38(33,34)35)23-15(29)13(11-8-37-18(21)22-11)26-36-19(17(31)32)4-2-3-5-19/h8,12,14H,2-7,20H2,1H3,(H2,21,22)(H,23,29)(H,31,32)(H,33,34,35)/b26-13-/t12-,14+/m1/s1. The van der Waals surface area contributed by atoms with Crippen LogP contribution in [-0.2, 0) is 42.6 Å². The maximum atomic E-state index is 13.3. The molecule has 0 bridgehead atoms. The molecule has 0 spiro atoms. The number of hydrogen-bond acceptors (Lipinski definition) is 13. The molecule has 3 heterocycles. The summed E-state index contributed by atoms with van der Waals surface area (Å²) < 4.78 is 33.5. The average molecular weight is 572 g/mol. The Morgan fingerprint density at radius 1 is 1.34 bits per heavy atom. The van der Waals surface area contributed by atoms with E-state index < -0.39 is 51.5 Å². The van der Waals surface area contributed by atoms with Crippen LogP contribution in [0, 0.1) is 6.92 Å². The molecule has 2 atom stereocenters. The van der Waals surface area contributed by atoms with Crippen molar-refractivity contribution in [3.05, 3.63) is 22.5 Å². The Bertz CT molecular complexity index is 1400. The first kappa shape index (κ1) is 27.4. The van der Waals surface area contributed by atoms with E-state index in [4.69, 9.17) is 16.3 Å². The minimum atomic E-state index is -4.98. The van der Waals surface area contributed by atoms with Crippen LogP contribution in [0.15, 0.2) is 10.5 Å². The van der Waals surface area contributed by atoms with Gasteiger partial charge in [0.1, 0.15) is 17.8 Å². The third-order valence-corrected chi connectivity index (χ3v) is 7.88. The molecule has 0 radical (unpaired) electrons. The zero-order valence-corrected chi connectivity index (χ0v) is 21.6. The lowest BCUT2D eigenvalue weighted by atomic mass is 9.98. The number of carboxylic acid groups (broad SMARTS) is 1. The van der Waals surface area contributed by atoms with Crippen molar-refractivity contribution >= 4 is 50.3 Å². The van der Waals surface area contributed by atoms with Crippen LogP contribution in [0.3, 0.4) is 0 Å². The van der Waals surface area contributed by atoms with Gasteiger partial charge in [0.2, 0.25) is 5.60 Å². The summed E-state index contributed by atoms with van der Waals surface area (Å²) in [5, 5.41) is 25.5. The van der Waals surface area contributed by atoms with Crippen LogP contribution in [0.1, 0.15) is 42.8 Å². The summed E-state index contributed by atoms with van der Waals surface area (Å²) >= 11 is 0.981. The molecule has 2 aliphatic rings. The highest BCUT2D eigenvalue weighted by Gasteiger charge is 2.55. The average Bonchev–Trinajstić information content (AvgIpc) is 3.57. The molecule has 2 fully saturated rings. The second-order valence-corrected chi connectivity index (χ2v) is 10.9. The summed E-state index contributed by atoms with van der Waals surface area (Å²) in [7, 11) is -4.98. The third kappa shape index (κ3) is 5.17. The first-order valence-corrected chi connectivity index (χ1v) is 13.6. The lowest BCUT2D eigenvalue weighted by Gasteiger charge is -2.43. The zero-order valence-electron chi connectivity index (χ0n) is 20.0. The van der Waals surface area contributed by atoms with Crippen LogP contribution < -0.4 is 16.8 Å². The van der Waals surface area contributed by atoms with E-state index in [0.29, 0.717) is 24.2 Å². The van der Waals surface area contributed by atoms with Crippen molar-refractivity contribution in [3.63, 3.8) is 0 Å². The lowest BCUT2D eigenvalue weighted by molar-refractivity contribution is -0.165. The Balaban J connectivity index is 1.61. The first-order valence-electron chi connectivity index (χ1n) is 11.3. The number of aliphatic carboxylic acids is 1. The minimum Gasteiger partial charge on any atom is -0.478 e. The topological polar surface area (TPSA) is 258 Å². The maximum absolute atomic E-state index is 13.3. The van der Waals surface area contributed by atoms with Gasteiger partial charge in [-0.1, -0.05) is 5.16 Å². The monoisotopic (exact) mass is 571 g/mol. The van der Waals surface area contributed by atoms with Crippen molar-refractivity contribution in [1.29, 1.82) is 0 Å². The second-order valence-electron chi connectivity index (χ2n) is 8.73. The number of hydrogen-bond donors (Lipinski definition) is 5. The molecule has 17 nitrogen and oxygen atoms in total. The minimum absolute atomic E-state index is 0.0459. The number of thiazole rings is 1. The molecule has 2 aromatic rings. The van der Waals surface area contributed by atoms with Crippen LogP contribution in [0.5, 0.6) is 0 Å².